The van der Waals surface area contributed by atoms with Crippen LogP contribution in [0.3, 0.4) is 0 Å². The number of hydrogen-bond acceptors (Lipinski definition) is 4. The molecule has 0 saturated carbocycles. The molecule has 1 amide bonds. The van der Waals surface area contributed by atoms with E-state index in [1.54, 1.807) is 6.20 Å². The monoisotopic (exact) mass is 283 g/mol. The van der Waals surface area contributed by atoms with Gasteiger partial charge in [0.2, 0.25) is 0 Å². The first-order valence-corrected chi connectivity index (χ1v) is 7.10. The van der Waals surface area contributed by atoms with Crippen LogP contribution in [0.2, 0.25) is 0 Å². The van der Waals surface area contributed by atoms with Gasteiger partial charge in [-0.3, -0.25) is 4.79 Å². The lowest BCUT2D eigenvalue weighted by molar-refractivity contribution is 0.0857. The Morgan fingerprint density at radius 3 is 2.95 bits per heavy atom. The Bertz CT molecular complexity index is 610. The Kier molecular flexibility index (Phi) is 4.21. The number of ether oxygens (including phenoxy) is 1. The van der Waals surface area contributed by atoms with E-state index in [9.17, 15) is 4.79 Å². The van der Waals surface area contributed by atoms with Gasteiger partial charge in [-0.05, 0) is 12.8 Å². The molecule has 0 aliphatic carbocycles. The molecular weight excluding hydrogens is 266 g/mol. The number of amides is 1. The van der Waals surface area contributed by atoms with E-state index in [0.29, 0.717) is 17.8 Å². The molecule has 1 saturated heterocycles. The van der Waals surface area contributed by atoms with Crippen LogP contribution in [-0.2, 0) is 4.74 Å². The topological polar surface area (TPSA) is 64.1 Å². The quantitative estimate of drug-likeness (QED) is 0.932. The van der Waals surface area contributed by atoms with E-state index in [-0.39, 0.29) is 12.0 Å². The summed E-state index contributed by atoms with van der Waals surface area (Å²) in [5.41, 5.74) is 2.04. The summed E-state index contributed by atoms with van der Waals surface area (Å²) in [6.07, 6.45) is 5.19. The van der Waals surface area contributed by atoms with Crippen LogP contribution >= 0.6 is 0 Å². The zero-order valence-corrected chi connectivity index (χ0v) is 11.7. The van der Waals surface area contributed by atoms with E-state index in [4.69, 9.17) is 4.74 Å². The highest BCUT2D eigenvalue weighted by Crippen LogP contribution is 2.20. The number of rotatable bonds is 4. The van der Waals surface area contributed by atoms with Gasteiger partial charge < -0.3 is 10.1 Å². The van der Waals surface area contributed by atoms with E-state index in [2.05, 4.69) is 15.3 Å². The van der Waals surface area contributed by atoms with Gasteiger partial charge >= 0.3 is 0 Å². The first kappa shape index (κ1) is 13.7. The minimum Gasteiger partial charge on any atom is -0.376 e. The molecule has 21 heavy (non-hydrogen) atoms. The van der Waals surface area contributed by atoms with E-state index in [1.807, 2.05) is 30.3 Å². The van der Waals surface area contributed by atoms with Crippen molar-refractivity contribution in [3.05, 3.63) is 48.4 Å². The average molecular weight is 283 g/mol. The molecular formula is C16H17N3O2. The number of carbonyl (C=O) groups excluding carboxylic acids is 1. The number of nitrogens with zero attached hydrogens (tertiary/aromatic N) is 2. The maximum absolute atomic E-state index is 12.3. The Morgan fingerprint density at radius 1 is 1.33 bits per heavy atom. The smallest absolute Gasteiger partial charge is 0.255 e. The van der Waals surface area contributed by atoms with Crippen molar-refractivity contribution in [3.8, 4) is 11.3 Å². The first-order chi connectivity index (χ1) is 10.3. The van der Waals surface area contributed by atoms with E-state index < -0.39 is 0 Å². The second-order valence-corrected chi connectivity index (χ2v) is 5.00. The molecule has 0 bridgehead atoms. The molecule has 1 atom stereocenters. The normalized spacial score (nSPS) is 17.6. The van der Waals surface area contributed by atoms with E-state index >= 15 is 0 Å². The summed E-state index contributed by atoms with van der Waals surface area (Å²) in [7, 11) is 0. The first-order valence-electron chi connectivity index (χ1n) is 7.10. The van der Waals surface area contributed by atoms with Gasteiger partial charge in [-0.2, -0.15) is 0 Å². The van der Waals surface area contributed by atoms with Gasteiger partial charge in [0.1, 0.15) is 6.33 Å². The second kappa shape index (κ2) is 6.45. The molecule has 5 heteroatoms. The second-order valence-electron chi connectivity index (χ2n) is 5.00. The Morgan fingerprint density at radius 2 is 2.19 bits per heavy atom. The van der Waals surface area contributed by atoms with Gasteiger partial charge in [-0.25, -0.2) is 9.97 Å². The lowest BCUT2D eigenvalue weighted by atomic mass is 10.1. The van der Waals surface area contributed by atoms with Gasteiger partial charge in [0, 0.05) is 24.9 Å². The number of hydrogen-bond donors (Lipinski definition) is 1. The van der Waals surface area contributed by atoms with Crippen molar-refractivity contribution >= 4 is 5.91 Å². The van der Waals surface area contributed by atoms with E-state index in [0.717, 1.165) is 25.0 Å². The van der Waals surface area contributed by atoms with Crippen molar-refractivity contribution in [2.45, 2.75) is 18.9 Å². The number of nitrogens with one attached hydrogen (secondary N) is 1. The predicted octanol–water partition coefficient (Wildman–Crippen LogP) is 2.05. The minimum atomic E-state index is -0.162. The minimum absolute atomic E-state index is 0.124. The van der Waals surface area contributed by atoms with Gasteiger partial charge in [0.25, 0.3) is 5.91 Å². The third kappa shape index (κ3) is 3.25. The number of aromatic nitrogens is 2. The SMILES string of the molecule is O=C(NC[C@@H]1CCCO1)c1cncnc1-c1ccccc1. The molecule has 3 rings (SSSR count). The summed E-state index contributed by atoms with van der Waals surface area (Å²) < 4.78 is 5.51. The molecule has 0 unspecified atom stereocenters. The highest BCUT2D eigenvalue weighted by Gasteiger charge is 2.19. The predicted molar refractivity (Wildman–Crippen MR) is 78.8 cm³/mol. The molecule has 108 valence electrons. The van der Waals surface area contributed by atoms with Gasteiger partial charge in [0.15, 0.2) is 0 Å². The fraction of sp³-hybridized carbons (Fsp3) is 0.312. The summed E-state index contributed by atoms with van der Waals surface area (Å²) in [4.78, 5) is 20.6. The van der Waals surface area contributed by atoms with Crippen LogP contribution in [0.15, 0.2) is 42.9 Å². The molecule has 0 spiro atoms. The van der Waals surface area contributed by atoms with Crippen molar-refractivity contribution in [2.75, 3.05) is 13.2 Å². The van der Waals surface area contributed by atoms with Crippen LogP contribution in [0.25, 0.3) is 11.3 Å². The molecule has 1 aromatic heterocycles. The molecule has 1 fully saturated rings. The van der Waals surface area contributed by atoms with Gasteiger partial charge in [-0.15, -0.1) is 0 Å². The number of carbonyl (C=O) groups is 1. The summed E-state index contributed by atoms with van der Waals surface area (Å²) in [5.74, 6) is -0.162. The summed E-state index contributed by atoms with van der Waals surface area (Å²) in [6.45, 7) is 1.31. The molecule has 0 radical (unpaired) electrons. The molecule has 2 aromatic rings. The molecule has 1 N–H and O–H groups in total. The fourth-order valence-electron chi connectivity index (χ4n) is 2.43. The number of benzene rings is 1. The Hall–Kier alpha value is -2.27. The van der Waals surface area contributed by atoms with Crippen LogP contribution in [0.5, 0.6) is 0 Å². The fourth-order valence-corrected chi connectivity index (χ4v) is 2.43. The van der Waals surface area contributed by atoms with Crippen molar-refractivity contribution in [1.82, 2.24) is 15.3 Å². The van der Waals surface area contributed by atoms with Gasteiger partial charge in [-0.1, -0.05) is 30.3 Å². The Labute approximate surface area is 123 Å². The maximum atomic E-state index is 12.3. The third-order valence-corrected chi connectivity index (χ3v) is 3.52. The lowest BCUT2D eigenvalue weighted by Gasteiger charge is -2.12. The van der Waals surface area contributed by atoms with Crippen molar-refractivity contribution < 1.29 is 9.53 Å². The molecule has 5 nitrogen and oxygen atoms in total. The van der Waals surface area contributed by atoms with Crippen LogP contribution in [0.4, 0.5) is 0 Å². The highest BCUT2D eigenvalue weighted by molar-refractivity contribution is 5.99. The standard InChI is InChI=1S/C16H17N3O2/c20-16(18-9-13-7-4-8-21-13)14-10-17-11-19-15(14)12-5-2-1-3-6-12/h1-3,5-6,10-11,13H,4,7-9H2,(H,18,20)/t13-/m0/s1. The summed E-state index contributed by atoms with van der Waals surface area (Å²) in [5, 5.41) is 2.91. The molecule has 1 aromatic carbocycles. The summed E-state index contributed by atoms with van der Waals surface area (Å²) >= 11 is 0. The molecule has 2 heterocycles. The molecule has 1 aliphatic rings. The highest BCUT2D eigenvalue weighted by atomic mass is 16.5. The van der Waals surface area contributed by atoms with Gasteiger partial charge in [0.05, 0.1) is 17.4 Å². The average Bonchev–Trinajstić information content (AvgIpc) is 3.07. The lowest BCUT2D eigenvalue weighted by Crippen LogP contribution is -2.32. The third-order valence-electron chi connectivity index (χ3n) is 3.52. The zero-order valence-electron chi connectivity index (χ0n) is 11.7. The summed E-state index contributed by atoms with van der Waals surface area (Å²) in [6, 6.07) is 9.64. The van der Waals surface area contributed by atoms with Crippen LogP contribution in [0.1, 0.15) is 23.2 Å². The molecule has 1 aliphatic heterocycles. The largest absolute Gasteiger partial charge is 0.376 e. The zero-order chi connectivity index (χ0) is 14.5. The van der Waals surface area contributed by atoms with Crippen molar-refractivity contribution in [1.29, 1.82) is 0 Å². The van der Waals surface area contributed by atoms with Crippen LogP contribution in [0, 0.1) is 0 Å². The van der Waals surface area contributed by atoms with Crippen LogP contribution < -0.4 is 5.32 Å². The maximum Gasteiger partial charge on any atom is 0.255 e. The Balaban J connectivity index is 1.76. The van der Waals surface area contributed by atoms with Crippen LogP contribution in [-0.4, -0.2) is 35.1 Å². The van der Waals surface area contributed by atoms with Crippen molar-refractivity contribution in [3.63, 3.8) is 0 Å². The van der Waals surface area contributed by atoms with Crippen molar-refractivity contribution in [2.24, 2.45) is 0 Å². The van der Waals surface area contributed by atoms with E-state index in [1.165, 1.54) is 6.33 Å².